The Hall–Kier alpha value is -0.570. The number of carbonyl (C=O) groups is 1. The molecule has 1 saturated heterocycles. The summed E-state index contributed by atoms with van der Waals surface area (Å²) < 4.78 is 5.48. The first-order valence-corrected chi connectivity index (χ1v) is 5.44. The second-order valence-electron chi connectivity index (χ2n) is 4.94. The highest BCUT2D eigenvalue weighted by Crippen LogP contribution is 2.46. The van der Waals surface area contributed by atoms with Crippen LogP contribution in [0.25, 0.3) is 0 Å². The van der Waals surface area contributed by atoms with E-state index in [2.05, 4.69) is 12.2 Å². The van der Waals surface area contributed by atoms with Crippen LogP contribution in [-0.4, -0.2) is 25.2 Å². The van der Waals surface area contributed by atoms with E-state index in [9.17, 15) is 4.79 Å². The van der Waals surface area contributed by atoms with Crippen LogP contribution in [0.2, 0.25) is 0 Å². The summed E-state index contributed by atoms with van der Waals surface area (Å²) in [4.78, 5) is 11.7. The molecule has 1 aliphatic heterocycles. The third-order valence-corrected chi connectivity index (χ3v) is 4.13. The number of nitrogens with one attached hydrogen (secondary N) is 1. The van der Waals surface area contributed by atoms with Gasteiger partial charge >= 0.3 is 0 Å². The van der Waals surface area contributed by atoms with Gasteiger partial charge in [0.25, 0.3) is 0 Å². The molecule has 0 aromatic rings. The molecule has 80 valence electrons. The van der Waals surface area contributed by atoms with Gasteiger partial charge in [-0.1, -0.05) is 0 Å². The number of hydrogen-bond acceptors (Lipinski definition) is 2. The first-order chi connectivity index (χ1) is 6.60. The fourth-order valence-corrected chi connectivity index (χ4v) is 2.65. The summed E-state index contributed by atoms with van der Waals surface area (Å²) in [5.74, 6) is 0.274. The van der Waals surface area contributed by atoms with Crippen molar-refractivity contribution in [1.82, 2.24) is 5.32 Å². The molecule has 1 N–H and O–H groups in total. The van der Waals surface area contributed by atoms with Crippen molar-refractivity contribution >= 4 is 5.91 Å². The van der Waals surface area contributed by atoms with Gasteiger partial charge < -0.3 is 10.1 Å². The molecule has 3 heteroatoms. The van der Waals surface area contributed by atoms with E-state index in [1.54, 1.807) is 7.11 Å². The molecule has 2 aliphatic rings. The number of methoxy groups -OCH3 is 1. The highest BCUT2D eigenvalue weighted by molar-refractivity contribution is 5.84. The molecule has 1 aliphatic carbocycles. The number of ether oxygens (including phenoxy) is 1. The summed E-state index contributed by atoms with van der Waals surface area (Å²) in [6.45, 7) is 3.01. The van der Waals surface area contributed by atoms with Crippen LogP contribution in [0.1, 0.15) is 39.0 Å². The van der Waals surface area contributed by atoms with Crippen LogP contribution in [0.15, 0.2) is 0 Å². The molecule has 0 bridgehead atoms. The lowest BCUT2D eigenvalue weighted by Crippen LogP contribution is -2.41. The van der Waals surface area contributed by atoms with Gasteiger partial charge in [-0.05, 0) is 39.0 Å². The summed E-state index contributed by atoms with van der Waals surface area (Å²) in [6.07, 6.45) is 5.02. The summed E-state index contributed by atoms with van der Waals surface area (Å²) in [6, 6.07) is 0. The number of carbonyl (C=O) groups excluding carboxylic acids is 1. The van der Waals surface area contributed by atoms with Crippen molar-refractivity contribution in [2.24, 2.45) is 5.41 Å². The summed E-state index contributed by atoms with van der Waals surface area (Å²) in [7, 11) is 1.77. The highest BCUT2D eigenvalue weighted by Gasteiger charge is 2.47. The molecule has 2 fully saturated rings. The van der Waals surface area contributed by atoms with Crippen LogP contribution in [0.4, 0.5) is 0 Å². The summed E-state index contributed by atoms with van der Waals surface area (Å²) in [5.41, 5.74) is -0.0356. The van der Waals surface area contributed by atoms with E-state index in [-0.39, 0.29) is 16.9 Å². The molecule has 1 amide bonds. The van der Waals surface area contributed by atoms with Crippen molar-refractivity contribution < 1.29 is 9.53 Å². The van der Waals surface area contributed by atoms with E-state index < -0.39 is 0 Å². The molecule has 0 aromatic carbocycles. The first kappa shape index (κ1) is 9.97. The quantitative estimate of drug-likeness (QED) is 0.691. The minimum atomic E-state index is -0.0436. The molecule has 1 spiro atoms. The van der Waals surface area contributed by atoms with E-state index in [4.69, 9.17) is 4.74 Å². The van der Waals surface area contributed by atoms with Crippen LogP contribution < -0.4 is 5.32 Å². The normalized spacial score (nSPS) is 42.9. The number of rotatable bonds is 1. The minimum Gasteiger partial charge on any atom is -0.379 e. The van der Waals surface area contributed by atoms with Crippen molar-refractivity contribution in [3.8, 4) is 0 Å². The van der Waals surface area contributed by atoms with Crippen molar-refractivity contribution in [3.63, 3.8) is 0 Å². The lowest BCUT2D eigenvalue weighted by Gasteiger charge is -2.40. The van der Waals surface area contributed by atoms with Crippen LogP contribution in [0.3, 0.4) is 0 Å². The zero-order chi connectivity index (χ0) is 10.2. The Morgan fingerprint density at radius 2 is 1.86 bits per heavy atom. The summed E-state index contributed by atoms with van der Waals surface area (Å²) in [5, 5.41) is 2.95. The predicted octanol–water partition coefficient (Wildman–Crippen LogP) is 1.47. The third-order valence-electron chi connectivity index (χ3n) is 4.13. The Balaban J connectivity index is 2.05. The standard InChI is InChI=1S/C11H19NO2/c1-10(14-2)3-5-11(6-4-10)7-8-12-9(11)13/h3-8H2,1-2H3,(H,12,13). The van der Waals surface area contributed by atoms with Gasteiger partial charge in [0, 0.05) is 13.7 Å². The second kappa shape index (κ2) is 3.23. The largest absolute Gasteiger partial charge is 0.379 e. The van der Waals surface area contributed by atoms with Gasteiger partial charge in [-0.15, -0.1) is 0 Å². The topological polar surface area (TPSA) is 38.3 Å². The van der Waals surface area contributed by atoms with E-state index in [1.807, 2.05) is 0 Å². The smallest absolute Gasteiger partial charge is 0.226 e. The molecule has 0 radical (unpaired) electrons. The minimum absolute atomic E-state index is 0.00806. The first-order valence-electron chi connectivity index (χ1n) is 5.44. The predicted molar refractivity (Wildman–Crippen MR) is 53.9 cm³/mol. The number of amides is 1. The lowest BCUT2D eigenvalue weighted by atomic mass is 9.68. The average Bonchev–Trinajstić information content (AvgIpc) is 2.55. The monoisotopic (exact) mass is 197 g/mol. The Bertz CT molecular complexity index is 242. The Morgan fingerprint density at radius 3 is 2.29 bits per heavy atom. The molecular weight excluding hydrogens is 178 g/mol. The SMILES string of the molecule is COC1(C)CCC2(CCNC2=O)CC1. The van der Waals surface area contributed by atoms with Crippen LogP contribution >= 0.6 is 0 Å². The number of hydrogen-bond donors (Lipinski definition) is 1. The molecule has 3 nitrogen and oxygen atoms in total. The second-order valence-corrected chi connectivity index (χ2v) is 4.94. The maximum Gasteiger partial charge on any atom is 0.226 e. The molecule has 1 saturated carbocycles. The van der Waals surface area contributed by atoms with Crippen molar-refractivity contribution in [2.45, 2.75) is 44.6 Å². The molecule has 14 heavy (non-hydrogen) atoms. The van der Waals surface area contributed by atoms with Gasteiger partial charge in [0.05, 0.1) is 11.0 Å². The van der Waals surface area contributed by atoms with E-state index in [0.29, 0.717) is 0 Å². The highest BCUT2D eigenvalue weighted by atomic mass is 16.5. The van der Waals surface area contributed by atoms with Gasteiger partial charge in [0.1, 0.15) is 0 Å². The van der Waals surface area contributed by atoms with Crippen molar-refractivity contribution in [1.29, 1.82) is 0 Å². The van der Waals surface area contributed by atoms with Gasteiger partial charge in [-0.25, -0.2) is 0 Å². The van der Waals surface area contributed by atoms with Gasteiger partial charge in [-0.3, -0.25) is 4.79 Å². The zero-order valence-corrected chi connectivity index (χ0v) is 9.06. The van der Waals surface area contributed by atoms with Gasteiger partial charge in [0.15, 0.2) is 0 Å². The van der Waals surface area contributed by atoms with Gasteiger partial charge in [-0.2, -0.15) is 0 Å². The van der Waals surface area contributed by atoms with Crippen molar-refractivity contribution in [2.75, 3.05) is 13.7 Å². The molecular formula is C11H19NO2. The Kier molecular flexibility index (Phi) is 2.30. The fraction of sp³-hybridized carbons (Fsp3) is 0.909. The van der Waals surface area contributed by atoms with Crippen LogP contribution in [0, 0.1) is 5.41 Å². The fourth-order valence-electron chi connectivity index (χ4n) is 2.65. The zero-order valence-electron chi connectivity index (χ0n) is 9.06. The Labute approximate surface area is 85.2 Å². The van der Waals surface area contributed by atoms with Gasteiger partial charge in [0.2, 0.25) is 5.91 Å². The molecule has 1 heterocycles. The summed E-state index contributed by atoms with van der Waals surface area (Å²) >= 11 is 0. The maximum atomic E-state index is 11.7. The lowest BCUT2D eigenvalue weighted by molar-refractivity contribution is -0.133. The third kappa shape index (κ3) is 1.44. The van der Waals surface area contributed by atoms with Crippen LogP contribution in [0.5, 0.6) is 0 Å². The van der Waals surface area contributed by atoms with Crippen LogP contribution in [-0.2, 0) is 9.53 Å². The molecule has 0 unspecified atom stereocenters. The Morgan fingerprint density at radius 1 is 1.21 bits per heavy atom. The van der Waals surface area contributed by atoms with E-state index >= 15 is 0 Å². The molecule has 0 atom stereocenters. The average molecular weight is 197 g/mol. The van der Waals surface area contributed by atoms with E-state index in [1.165, 1.54) is 0 Å². The van der Waals surface area contributed by atoms with Crippen molar-refractivity contribution in [3.05, 3.63) is 0 Å². The molecule has 2 rings (SSSR count). The maximum absolute atomic E-state index is 11.7. The van der Waals surface area contributed by atoms with E-state index in [0.717, 1.165) is 38.6 Å². The molecule has 0 aromatic heterocycles.